The van der Waals surface area contributed by atoms with Crippen LogP contribution < -0.4 is 0 Å². The predicted molar refractivity (Wildman–Crippen MR) is 113 cm³/mol. The summed E-state index contributed by atoms with van der Waals surface area (Å²) >= 11 is 7.58. The zero-order valence-corrected chi connectivity index (χ0v) is 15.8. The van der Waals surface area contributed by atoms with E-state index in [1.54, 1.807) is 6.07 Å². The van der Waals surface area contributed by atoms with Crippen LogP contribution in [0, 0.1) is 0 Å². The molecule has 4 heteroatoms. The molecular formula is C23H14ClNOS. The number of H-pyrrole nitrogens is 1. The number of fused-ring (bicyclic) bond motifs is 2. The molecule has 0 atom stereocenters. The quantitative estimate of drug-likeness (QED) is 0.383. The maximum atomic E-state index is 12.9. The lowest BCUT2D eigenvalue weighted by Gasteiger charge is -2.02. The number of para-hydroxylation sites is 1. The van der Waals surface area contributed by atoms with Crippen LogP contribution in [0.2, 0.25) is 5.02 Å². The van der Waals surface area contributed by atoms with E-state index in [9.17, 15) is 4.79 Å². The van der Waals surface area contributed by atoms with Gasteiger partial charge >= 0.3 is 0 Å². The molecule has 0 saturated carbocycles. The fourth-order valence-electron chi connectivity index (χ4n) is 3.44. The number of aromatic amines is 1. The van der Waals surface area contributed by atoms with Gasteiger partial charge in [-0.1, -0.05) is 71.9 Å². The minimum Gasteiger partial charge on any atom is -0.354 e. The SMILES string of the molecule is O=C1/C(=C/c2c(-c3ccccc3)[nH]c3ccccc23)Sc2ccc(Cl)cc21. The number of hydrogen-bond donors (Lipinski definition) is 1. The number of Topliss-reactive ketones (excluding diaryl/α,β-unsaturated/α-hetero) is 1. The first-order valence-corrected chi connectivity index (χ1v) is 9.80. The third kappa shape index (κ3) is 2.80. The molecule has 4 aromatic rings. The number of halogens is 1. The van der Waals surface area contributed by atoms with Crippen molar-refractivity contribution in [3.8, 4) is 11.3 Å². The molecule has 130 valence electrons. The monoisotopic (exact) mass is 387 g/mol. The Balaban J connectivity index is 1.70. The summed E-state index contributed by atoms with van der Waals surface area (Å²) in [7, 11) is 0. The molecule has 1 aliphatic heterocycles. The Kier molecular flexibility index (Phi) is 3.92. The Morgan fingerprint density at radius 2 is 1.70 bits per heavy atom. The van der Waals surface area contributed by atoms with Gasteiger partial charge in [-0.25, -0.2) is 0 Å². The smallest absolute Gasteiger partial charge is 0.200 e. The summed E-state index contributed by atoms with van der Waals surface area (Å²) in [6, 6.07) is 23.8. The Hall–Kier alpha value is -2.75. The van der Waals surface area contributed by atoms with Gasteiger partial charge in [0.1, 0.15) is 0 Å². The molecular weight excluding hydrogens is 374 g/mol. The first-order chi connectivity index (χ1) is 13.2. The molecule has 0 unspecified atom stereocenters. The van der Waals surface area contributed by atoms with Crippen LogP contribution in [0.25, 0.3) is 28.2 Å². The van der Waals surface area contributed by atoms with Crippen LogP contribution in [0.15, 0.2) is 82.6 Å². The summed E-state index contributed by atoms with van der Waals surface area (Å²) in [5.41, 5.74) is 4.88. The average Bonchev–Trinajstić information content (AvgIpc) is 3.21. The first-order valence-electron chi connectivity index (χ1n) is 8.60. The van der Waals surface area contributed by atoms with Crippen LogP contribution in [0.3, 0.4) is 0 Å². The summed E-state index contributed by atoms with van der Waals surface area (Å²) in [4.78, 5) is 18.1. The van der Waals surface area contributed by atoms with Gasteiger partial charge in [0.25, 0.3) is 0 Å². The average molecular weight is 388 g/mol. The second kappa shape index (κ2) is 6.45. The molecule has 0 aliphatic carbocycles. The lowest BCUT2D eigenvalue weighted by atomic mass is 10.0. The van der Waals surface area contributed by atoms with Gasteiger partial charge in [0, 0.05) is 31.9 Å². The van der Waals surface area contributed by atoms with E-state index in [1.807, 2.05) is 48.5 Å². The largest absolute Gasteiger partial charge is 0.354 e. The summed E-state index contributed by atoms with van der Waals surface area (Å²) < 4.78 is 0. The van der Waals surface area contributed by atoms with E-state index in [0.717, 1.165) is 32.6 Å². The van der Waals surface area contributed by atoms with Gasteiger partial charge in [-0.15, -0.1) is 0 Å². The highest BCUT2D eigenvalue weighted by molar-refractivity contribution is 8.04. The molecule has 0 fully saturated rings. The van der Waals surface area contributed by atoms with E-state index in [1.165, 1.54) is 11.8 Å². The molecule has 0 amide bonds. The number of carbonyl (C=O) groups is 1. The van der Waals surface area contributed by atoms with Gasteiger partial charge in [0.2, 0.25) is 5.78 Å². The molecule has 1 N–H and O–H groups in total. The van der Waals surface area contributed by atoms with Crippen molar-refractivity contribution in [2.75, 3.05) is 0 Å². The third-order valence-electron chi connectivity index (χ3n) is 4.71. The molecule has 0 spiro atoms. The second-order valence-electron chi connectivity index (χ2n) is 6.41. The Morgan fingerprint density at radius 1 is 0.926 bits per heavy atom. The minimum atomic E-state index is 0.0294. The fraction of sp³-hybridized carbons (Fsp3) is 0. The third-order valence-corrected chi connectivity index (χ3v) is 6.05. The molecule has 0 radical (unpaired) electrons. The Morgan fingerprint density at radius 3 is 2.56 bits per heavy atom. The molecule has 3 aromatic carbocycles. The highest BCUT2D eigenvalue weighted by Crippen LogP contribution is 2.43. The van der Waals surface area contributed by atoms with Crippen molar-refractivity contribution in [2.45, 2.75) is 4.90 Å². The van der Waals surface area contributed by atoms with Gasteiger partial charge in [0.15, 0.2) is 0 Å². The first kappa shape index (κ1) is 16.4. The second-order valence-corrected chi connectivity index (χ2v) is 7.93. The number of ketones is 1. The van der Waals surface area contributed by atoms with Crippen LogP contribution in [0.1, 0.15) is 15.9 Å². The molecule has 0 bridgehead atoms. The topological polar surface area (TPSA) is 32.9 Å². The maximum Gasteiger partial charge on any atom is 0.200 e. The van der Waals surface area contributed by atoms with Crippen molar-refractivity contribution in [1.29, 1.82) is 0 Å². The van der Waals surface area contributed by atoms with Gasteiger partial charge in [-0.05, 0) is 35.9 Å². The van der Waals surface area contributed by atoms with Gasteiger partial charge in [-0.3, -0.25) is 4.79 Å². The van der Waals surface area contributed by atoms with Crippen LogP contribution >= 0.6 is 23.4 Å². The van der Waals surface area contributed by atoms with Crippen molar-refractivity contribution in [3.05, 3.63) is 93.9 Å². The molecule has 1 aromatic heterocycles. The van der Waals surface area contributed by atoms with Gasteiger partial charge in [0.05, 0.1) is 10.6 Å². The normalized spacial score (nSPS) is 14.9. The van der Waals surface area contributed by atoms with Crippen LogP contribution in [0.5, 0.6) is 0 Å². The molecule has 1 aliphatic rings. The number of benzene rings is 3. The highest BCUT2D eigenvalue weighted by atomic mass is 35.5. The van der Waals surface area contributed by atoms with Crippen LogP contribution in [0.4, 0.5) is 0 Å². The van der Waals surface area contributed by atoms with Gasteiger partial charge in [-0.2, -0.15) is 0 Å². The maximum absolute atomic E-state index is 12.9. The van der Waals surface area contributed by atoms with E-state index in [2.05, 4.69) is 29.2 Å². The number of allylic oxidation sites excluding steroid dienone is 1. The van der Waals surface area contributed by atoms with E-state index in [-0.39, 0.29) is 5.78 Å². The van der Waals surface area contributed by atoms with E-state index >= 15 is 0 Å². The molecule has 2 heterocycles. The molecule has 2 nitrogen and oxygen atoms in total. The van der Waals surface area contributed by atoms with Crippen molar-refractivity contribution in [3.63, 3.8) is 0 Å². The summed E-state index contributed by atoms with van der Waals surface area (Å²) in [6.45, 7) is 0. The molecule has 27 heavy (non-hydrogen) atoms. The number of aromatic nitrogens is 1. The van der Waals surface area contributed by atoms with Crippen LogP contribution in [-0.2, 0) is 0 Å². The van der Waals surface area contributed by atoms with Crippen molar-refractivity contribution >= 4 is 46.1 Å². The molecule has 5 rings (SSSR count). The standard InChI is InChI=1S/C23H14ClNOS/c24-15-10-11-20-18(12-15)23(26)21(27-20)13-17-16-8-4-5-9-19(16)25-22(17)14-6-2-1-3-7-14/h1-13,25H/b21-13-. The summed E-state index contributed by atoms with van der Waals surface area (Å²) in [5, 5.41) is 1.69. The van der Waals surface area contributed by atoms with Gasteiger partial charge < -0.3 is 4.98 Å². The lowest BCUT2D eigenvalue weighted by molar-refractivity contribution is 0.104. The predicted octanol–water partition coefficient (Wildman–Crippen LogP) is 6.82. The minimum absolute atomic E-state index is 0.0294. The number of rotatable bonds is 2. The lowest BCUT2D eigenvalue weighted by Crippen LogP contribution is -1.94. The van der Waals surface area contributed by atoms with E-state index < -0.39 is 0 Å². The van der Waals surface area contributed by atoms with Crippen LogP contribution in [-0.4, -0.2) is 10.8 Å². The zero-order chi connectivity index (χ0) is 18.4. The number of nitrogens with one attached hydrogen (secondary N) is 1. The van der Waals surface area contributed by atoms with Crippen molar-refractivity contribution in [1.82, 2.24) is 4.98 Å². The number of carbonyl (C=O) groups excluding carboxylic acids is 1. The van der Waals surface area contributed by atoms with Crippen molar-refractivity contribution < 1.29 is 4.79 Å². The Labute approximate surface area is 165 Å². The molecule has 0 saturated heterocycles. The van der Waals surface area contributed by atoms with E-state index in [4.69, 9.17) is 11.6 Å². The highest BCUT2D eigenvalue weighted by Gasteiger charge is 2.27. The van der Waals surface area contributed by atoms with E-state index in [0.29, 0.717) is 15.5 Å². The van der Waals surface area contributed by atoms with Crippen molar-refractivity contribution in [2.24, 2.45) is 0 Å². The number of thioether (sulfide) groups is 1. The number of hydrogen-bond acceptors (Lipinski definition) is 2. The zero-order valence-electron chi connectivity index (χ0n) is 14.2. The summed E-state index contributed by atoms with van der Waals surface area (Å²) in [5.74, 6) is 0.0294. The fourth-order valence-corrected chi connectivity index (χ4v) is 4.62. The summed E-state index contributed by atoms with van der Waals surface area (Å²) in [6.07, 6.45) is 2.00. The Bertz CT molecular complexity index is 1220.